The number of methoxy groups -OCH3 is 1. The first-order valence-corrected chi connectivity index (χ1v) is 6.50. The Labute approximate surface area is 111 Å². The molecule has 1 aliphatic rings. The van der Waals surface area contributed by atoms with E-state index < -0.39 is 0 Å². The highest BCUT2D eigenvalue weighted by atomic mass is 16.5. The van der Waals surface area contributed by atoms with E-state index >= 15 is 0 Å². The number of rotatable bonds is 2. The lowest BCUT2D eigenvalue weighted by molar-refractivity contribution is 0.0594. The Kier molecular flexibility index (Phi) is 3.07. The molecule has 1 N–H and O–H groups in total. The van der Waals surface area contributed by atoms with Gasteiger partial charge in [-0.05, 0) is 30.4 Å². The Balaban J connectivity index is 1.95. The number of hydrogen-bond acceptors (Lipinski definition) is 3. The Morgan fingerprint density at radius 3 is 3.11 bits per heavy atom. The predicted molar refractivity (Wildman–Crippen MR) is 71.2 cm³/mol. The number of imidazole rings is 1. The molecule has 4 heteroatoms. The number of nitrogens with one attached hydrogen (secondary N) is 1. The van der Waals surface area contributed by atoms with Crippen molar-refractivity contribution in [2.24, 2.45) is 0 Å². The summed E-state index contributed by atoms with van der Waals surface area (Å²) >= 11 is 0. The van der Waals surface area contributed by atoms with E-state index in [1.54, 1.807) is 6.20 Å². The fraction of sp³-hybridized carbons (Fsp3) is 0.333. The molecular formula is C15H16N2O2. The maximum Gasteiger partial charge on any atom is 0.356 e. The molecule has 0 spiro atoms. The molecule has 1 aromatic heterocycles. The smallest absolute Gasteiger partial charge is 0.356 e. The van der Waals surface area contributed by atoms with E-state index in [2.05, 4.69) is 34.2 Å². The van der Waals surface area contributed by atoms with Crippen LogP contribution in [0.5, 0.6) is 0 Å². The van der Waals surface area contributed by atoms with Crippen molar-refractivity contribution in [2.45, 2.75) is 25.2 Å². The van der Waals surface area contributed by atoms with Gasteiger partial charge in [0.15, 0.2) is 0 Å². The van der Waals surface area contributed by atoms with Gasteiger partial charge in [0.25, 0.3) is 0 Å². The number of benzene rings is 1. The largest absolute Gasteiger partial charge is 0.464 e. The Hall–Kier alpha value is -2.10. The number of aromatic nitrogens is 2. The predicted octanol–water partition coefficient (Wildman–Crippen LogP) is 2.66. The number of hydrogen-bond donors (Lipinski definition) is 1. The summed E-state index contributed by atoms with van der Waals surface area (Å²) in [7, 11) is 1.37. The number of H-pyrrole nitrogens is 1. The van der Waals surface area contributed by atoms with Gasteiger partial charge in [-0.25, -0.2) is 9.78 Å². The normalized spacial score (nSPS) is 17.8. The topological polar surface area (TPSA) is 55.0 Å². The summed E-state index contributed by atoms with van der Waals surface area (Å²) in [4.78, 5) is 18.9. The van der Waals surface area contributed by atoms with Gasteiger partial charge in [-0.1, -0.05) is 24.3 Å². The van der Waals surface area contributed by atoms with Crippen LogP contribution in [0.15, 0.2) is 30.5 Å². The highest BCUT2D eigenvalue weighted by molar-refractivity contribution is 5.86. The Bertz CT molecular complexity index is 604. The van der Waals surface area contributed by atoms with Gasteiger partial charge in [0.1, 0.15) is 11.5 Å². The molecule has 1 unspecified atom stereocenters. The SMILES string of the molecule is COC(=O)c1cnc(C2CCCc3ccccc32)[nH]1. The van der Waals surface area contributed by atoms with Gasteiger partial charge >= 0.3 is 5.97 Å². The van der Waals surface area contributed by atoms with Crippen LogP contribution < -0.4 is 0 Å². The number of carbonyl (C=O) groups excluding carboxylic acids is 1. The van der Waals surface area contributed by atoms with Gasteiger partial charge in [0, 0.05) is 5.92 Å². The van der Waals surface area contributed by atoms with Crippen molar-refractivity contribution >= 4 is 5.97 Å². The first kappa shape index (κ1) is 12.0. The molecule has 1 heterocycles. The minimum Gasteiger partial charge on any atom is -0.464 e. The van der Waals surface area contributed by atoms with Crippen molar-refractivity contribution < 1.29 is 9.53 Å². The molecule has 3 rings (SSSR count). The molecule has 1 aliphatic carbocycles. The Morgan fingerprint density at radius 2 is 2.26 bits per heavy atom. The third-order valence-electron chi connectivity index (χ3n) is 3.70. The third-order valence-corrected chi connectivity index (χ3v) is 3.70. The summed E-state index contributed by atoms with van der Waals surface area (Å²) < 4.78 is 4.70. The van der Waals surface area contributed by atoms with Crippen LogP contribution in [0, 0.1) is 0 Å². The minimum absolute atomic E-state index is 0.253. The number of carbonyl (C=O) groups is 1. The van der Waals surface area contributed by atoms with Crippen molar-refractivity contribution in [3.63, 3.8) is 0 Å². The molecule has 0 saturated heterocycles. The Morgan fingerprint density at radius 1 is 1.42 bits per heavy atom. The van der Waals surface area contributed by atoms with Gasteiger partial charge < -0.3 is 9.72 Å². The summed E-state index contributed by atoms with van der Waals surface area (Å²) in [6.07, 6.45) is 4.89. The van der Waals surface area contributed by atoms with Crippen LogP contribution >= 0.6 is 0 Å². The van der Waals surface area contributed by atoms with E-state index in [1.807, 2.05) is 0 Å². The molecule has 2 aromatic rings. The molecule has 4 nitrogen and oxygen atoms in total. The van der Waals surface area contributed by atoms with Gasteiger partial charge in [-0.2, -0.15) is 0 Å². The lowest BCUT2D eigenvalue weighted by atomic mass is 9.82. The molecule has 0 aliphatic heterocycles. The van der Waals surface area contributed by atoms with E-state index in [0.29, 0.717) is 5.69 Å². The standard InChI is InChI=1S/C15H16N2O2/c1-19-15(18)13-9-16-14(17-13)12-8-4-6-10-5-2-3-7-11(10)12/h2-3,5,7,9,12H,4,6,8H2,1H3,(H,16,17). The molecule has 0 fully saturated rings. The summed E-state index contributed by atoms with van der Waals surface area (Å²) in [5.41, 5.74) is 3.12. The number of ether oxygens (including phenoxy) is 1. The molecule has 0 radical (unpaired) electrons. The number of fused-ring (bicyclic) bond motifs is 1. The zero-order valence-electron chi connectivity index (χ0n) is 10.8. The fourth-order valence-electron chi connectivity index (χ4n) is 2.77. The fourth-order valence-corrected chi connectivity index (χ4v) is 2.77. The average Bonchev–Trinajstić information content (AvgIpc) is 2.95. The van der Waals surface area contributed by atoms with Crippen LogP contribution in [0.3, 0.4) is 0 Å². The molecule has 0 amide bonds. The lowest BCUT2D eigenvalue weighted by Crippen LogP contribution is -2.12. The molecule has 1 atom stereocenters. The molecule has 1 aromatic carbocycles. The molecule has 19 heavy (non-hydrogen) atoms. The lowest BCUT2D eigenvalue weighted by Gasteiger charge is -2.23. The van der Waals surface area contributed by atoms with E-state index in [9.17, 15) is 4.79 Å². The maximum absolute atomic E-state index is 11.5. The maximum atomic E-state index is 11.5. The average molecular weight is 256 g/mol. The van der Waals surface area contributed by atoms with Crippen molar-refractivity contribution in [3.05, 3.63) is 53.1 Å². The number of aryl methyl sites for hydroxylation is 1. The second-order valence-corrected chi connectivity index (χ2v) is 4.82. The molecule has 0 saturated carbocycles. The second-order valence-electron chi connectivity index (χ2n) is 4.82. The summed E-state index contributed by atoms with van der Waals surface area (Å²) in [6.45, 7) is 0. The third kappa shape index (κ3) is 2.14. The van der Waals surface area contributed by atoms with Crippen molar-refractivity contribution in [3.8, 4) is 0 Å². The van der Waals surface area contributed by atoms with E-state index in [4.69, 9.17) is 4.74 Å². The van der Waals surface area contributed by atoms with Gasteiger partial charge in [-0.3, -0.25) is 0 Å². The first-order valence-electron chi connectivity index (χ1n) is 6.50. The van der Waals surface area contributed by atoms with Crippen LogP contribution in [0.4, 0.5) is 0 Å². The first-order chi connectivity index (χ1) is 9.29. The van der Waals surface area contributed by atoms with E-state index in [0.717, 1.165) is 25.1 Å². The summed E-state index contributed by atoms with van der Waals surface area (Å²) in [5, 5.41) is 0. The van der Waals surface area contributed by atoms with Crippen molar-refractivity contribution in [2.75, 3.05) is 7.11 Å². The number of aromatic amines is 1. The summed E-state index contributed by atoms with van der Waals surface area (Å²) in [5.74, 6) is 0.735. The van der Waals surface area contributed by atoms with E-state index in [1.165, 1.54) is 18.2 Å². The van der Waals surface area contributed by atoms with Gasteiger partial charge in [-0.15, -0.1) is 0 Å². The number of esters is 1. The van der Waals surface area contributed by atoms with Crippen LogP contribution in [0.25, 0.3) is 0 Å². The monoisotopic (exact) mass is 256 g/mol. The van der Waals surface area contributed by atoms with E-state index in [-0.39, 0.29) is 11.9 Å². The van der Waals surface area contributed by atoms with Crippen LogP contribution in [-0.4, -0.2) is 23.0 Å². The van der Waals surface area contributed by atoms with Crippen LogP contribution in [0.1, 0.15) is 46.2 Å². The number of nitrogens with zero attached hydrogens (tertiary/aromatic N) is 1. The van der Waals surface area contributed by atoms with Gasteiger partial charge in [0.05, 0.1) is 13.3 Å². The zero-order valence-corrected chi connectivity index (χ0v) is 10.8. The summed E-state index contributed by atoms with van der Waals surface area (Å²) in [6, 6.07) is 8.45. The van der Waals surface area contributed by atoms with Crippen LogP contribution in [0.2, 0.25) is 0 Å². The molecule has 98 valence electrons. The molecule has 0 bridgehead atoms. The van der Waals surface area contributed by atoms with Gasteiger partial charge in [0.2, 0.25) is 0 Å². The highest BCUT2D eigenvalue weighted by Crippen LogP contribution is 2.35. The van der Waals surface area contributed by atoms with Crippen molar-refractivity contribution in [1.29, 1.82) is 0 Å². The zero-order chi connectivity index (χ0) is 13.2. The highest BCUT2D eigenvalue weighted by Gasteiger charge is 2.24. The minimum atomic E-state index is -0.372. The van der Waals surface area contributed by atoms with Crippen molar-refractivity contribution in [1.82, 2.24) is 9.97 Å². The quantitative estimate of drug-likeness (QED) is 0.840. The second kappa shape index (κ2) is 4.88. The molecular weight excluding hydrogens is 240 g/mol. The van der Waals surface area contributed by atoms with Crippen LogP contribution in [-0.2, 0) is 11.2 Å².